The number of nitrogens with one attached hydrogen (secondary N) is 2. The Hall–Kier alpha value is -5.45. The van der Waals surface area contributed by atoms with E-state index in [0.717, 1.165) is 88.5 Å². The molecule has 344 valence electrons. The lowest BCUT2D eigenvalue weighted by atomic mass is 9.69. The van der Waals surface area contributed by atoms with Gasteiger partial charge in [0.1, 0.15) is 24.1 Å². The number of aromatic hydroxyl groups is 1. The standard InChI is InChI=1S/C46H52N4O5.C6H15N.C2H6/c1-31(49(2)43-18-19-44(53)48-46(43)54)42-29-37(12-8-36(42)30-51)47-23-20-32-21-24-50(25-22-32)26-27-55-39-14-9-34(10-15-39)45-40(33-6-4-3-5-7-33)16-11-35-28-38(52)13-17-41(35)45;1-3-6(2)4-5-7;1-2/h3-10,12-15,17,28-30,32,40,43,45,47,52H,1,11,16,18-27H2,2H3,(H,48,53,54);6H,3-5,7H2,1-2H3;1-2H3. The number of likely N-dealkylation sites (N-methyl/N-ethyl adjacent to an activating group) is 1. The van der Waals surface area contributed by atoms with Gasteiger partial charge in [0.2, 0.25) is 11.8 Å². The van der Waals surface area contributed by atoms with E-state index in [-0.39, 0.29) is 24.2 Å². The summed E-state index contributed by atoms with van der Waals surface area (Å²) < 4.78 is 6.24. The van der Waals surface area contributed by atoms with Crippen LogP contribution in [0.3, 0.4) is 0 Å². The van der Waals surface area contributed by atoms with Crippen LogP contribution in [0.2, 0.25) is 0 Å². The summed E-state index contributed by atoms with van der Waals surface area (Å²) in [5, 5.41) is 16.1. The molecule has 64 heavy (non-hydrogen) atoms. The fraction of sp³-hybridized carbons (Fsp3) is 0.463. The van der Waals surface area contributed by atoms with Crippen molar-refractivity contribution in [3.63, 3.8) is 0 Å². The van der Waals surface area contributed by atoms with Crippen molar-refractivity contribution in [1.29, 1.82) is 0 Å². The molecule has 0 spiro atoms. The number of phenolic OH excluding ortho intramolecular Hbond substituents is 1. The number of amides is 2. The van der Waals surface area contributed by atoms with Gasteiger partial charge in [-0.1, -0.05) is 89.2 Å². The smallest absolute Gasteiger partial charge is 0.249 e. The minimum absolute atomic E-state index is 0.219. The largest absolute Gasteiger partial charge is 0.508 e. The molecule has 2 fully saturated rings. The Morgan fingerprint density at radius 1 is 0.969 bits per heavy atom. The van der Waals surface area contributed by atoms with Crippen LogP contribution in [0.1, 0.15) is 129 Å². The third-order valence-corrected chi connectivity index (χ3v) is 13.3. The zero-order valence-corrected chi connectivity index (χ0v) is 39.0. The fourth-order valence-electron chi connectivity index (χ4n) is 9.20. The van der Waals surface area contributed by atoms with Gasteiger partial charge >= 0.3 is 0 Å². The number of carbonyl (C=O) groups excluding carboxylic acids is 3. The van der Waals surface area contributed by atoms with Crippen molar-refractivity contribution in [2.24, 2.45) is 17.6 Å². The number of hydrogen-bond donors (Lipinski definition) is 4. The minimum Gasteiger partial charge on any atom is -0.508 e. The number of benzene rings is 4. The number of imide groups is 1. The molecule has 0 saturated carbocycles. The van der Waals surface area contributed by atoms with Crippen LogP contribution in [0, 0.1) is 11.8 Å². The van der Waals surface area contributed by atoms with Crippen molar-refractivity contribution >= 4 is 29.5 Å². The number of nitrogens with zero attached hydrogens (tertiary/aromatic N) is 2. The van der Waals surface area contributed by atoms with Crippen molar-refractivity contribution in [2.75, 3.05) is 51.7 Å². The van der Waals surface area contributed by atoms with E-state index in [1.165, 1.54) is 35.1 Å². The van der Waals surface area contributed by atoms with E-state index < -0.39 is 6.04 Å². The highest BCUT2D eigenvalue weighted by atomic mass is 16.5. The predicted octanol–water partition coefficient (Wildman–Crippen LogP) is 9.77. The van der Waals surface area contributed by atoms with E-state index in [0.29, 0.717) is 47.4 Å². The Balaban J connectivity index is 0.000000782. The van der Waals surface area contributed by atoms with E-state index in [1.807, 2.05) is 38.1 Å². The van der Waals surface area contributed by atoms with Gasteiger partial charge in [-0.25, -0.2) is 0 Å². The Labute approximate surface area is 382 Å². The normalized spacial score (nSPS) is 19.1. The monoisotopic (exact) mass is 872 g/mol. The van der Waals surface area contributed by atoms with E-state index in [9.17, 15) is 19.5 Å². The summed E-state index contributed by atoms with van der Waals surface area (Å²) in [5.74, 6) is 2.66. The van der Waals surface area contributed by atoms with Crippen molar-refractivity contribution < 1.29 is 24.2 Å². The average molecular weight is 872 g/mol. The van der Waals surface area contributed by atoms with Gasteiger partial charge in [-0.2, -0.15) is 0 Å². The number of carbonyl (C=O) groups is 3. The number of likely N-dealkylation sites (tertiary alicyclic amines) is 1. The summed E-state index contributed by atoms with van der Waals surface area (Å²) in [6, 6.07) is 30.4. The molecule has 3 aliphatic rings. The second-order valence-corrected chi connectivity index (χ2v) is 17.4. The number of phenols is 1. The molecule has 4 aromatic carbocycles. The van der Waals surface area contributed by atoms with Gasteiger partial charge in [-0.3, -0.25) is 24.6 Å². The fourth-order valence-corrected chi connectivity index (χ4v) is 9.20. The first-order valence-corrected chi connectivity index (χ1v) is 23.7. The molecule has 0 aromatic heterocycles. The topological polar surface area (TPSA) is 137 Å². The van der Waals surface area contributed by atoms with Crippen molar-refractivity contribution in [3.8, 4) is 11.5 Å². The lowest BCUT2D eigenvalue weighted by Crippen LogP contribution is -2.50. The molecule has 10 nitrogen and oxygen atoms in total. The van der Waals surface area contributed by atoms with Crippen LogP contribution >= 0.6 is 0 Å². The van der Waals surface area contributed by atoms with Crippen LogP contribution in [0.4, 0.5) is 5.69 Å². The Bertz CT molecular complexity index is 2100. The average Bonchev–Trinajstić information content (AvgIpc) is 3.32. The molecular weight excluding hydrogens is 799 g/mol. The molecule has 7 rings (SSSR count). The van der Waals surface area contributed by atoms with Crippen LogP contribution in [0.25, 0.3) is 5.70 Å². The van der Waals surface area contributed by atoms with Crippen LogP contribution in [-0.2, 0) is 16.0 Å². The maximum atomic E-state index is 12.5. The number of nitrogens with two attached hydrogens (primary N) is 1. The first-order chi connectivity index (χ1) is 31.1. The molecule has 2 aliphatic heterocycles. The second-order valence-electron chi connectivity index (χ2n) is 17.4. The van der Waals surface area contributed by atoms with Crippen molar-refractivity contribution in [3.05, 3.63) is 131 Å². The molecule has 2 amide bonds. The van der Waals surface area contributed by atoms with Gasteiger partial charge in [0.05, 0.1) is 0 Å². The second kappa shape index (κ2) is 25.1. The Morgan fingerprint density at radius 2 is 1.70 bits per heavy atom. The molecule has 2 heterocycles. The highest BCUT2D eigenvalue weighted by Gasteiger charge is 2.33. The molecular formula is C54H73N5O5. The van der Waals surface area contributed by atoms with E-state index in [2.05, 4.69) is 96.6 Å². The zero-order valence-electron chi connectivity index (χ0n) is 39.0. The van der Waals surface area contributed by atoms with E-state index in [1.54, 1.807) is 18.0 Å². The van der Waals surface area contributed by atoms with Crippen LogP contribution in [0.15, 0.2) is 97.6 Å². The molecule has 0 radical (unpaired) electrons. The molecule has 10 heteroatoms. The van der Waals surface area contributed by atoms with Gasteiger partial charge < -0.3 is 25.8 Å². The first-order valence-electron chi connectivity index (χ1n) is 23.7. The predicted molar refractivity (Wildman–Crippen MR) is 261 cm³/mol. The van der Waals surface area contributed by atoms with Gasteiger partial charge in [-0.05, 0) is 147 Å². The van der Waals surface area contributed by atoms with Crippen LogP contribution in [-0.4, -0.2) is 85.4 Å². The summed E-state index contributed by atoms with van der Waals surface area (Å²) in [7, 11) is 1.78. The molecule has 2 saturated heterocycles. The quantitative estimate of drug-likeness (QED) is 0.0604. The lowest BCUT2D eigenvalue weighted by Gasteiger charge is -2.35. The van der Waals surface area contributed by atoms with E-state index >= 15 is 0 Å². The van der Waals surface area contributed by atoms with Gasteiger partial charge in [-0.15, -0.1) is 0 Å². The minimum atomic E-state index is -0.512. The summed E-state index contributed by atoms with van der Waals surface area (Å²) in [5.41, 5.74) is 13.1. The van der Waals surface area contributed by atoms with E-state index in [4.69, 9.17) is 10.5 Å². The summed E-state index contributed by atoms with van der Waals surface area (Å²) >= 11 is 0. The highest BCUT2D eigenvalue weighted by molar-refractivity contribution is 6.01. The molecule has 4 atom stereocenters. The first kappa shape index (κ1) is 49.6. The summed E-state index contributed by atoms with van der Waals surface area (Å²) in [6.07, 6.45) is 9.27. The maximum Gasteiger partial charge on any atom is 0.249 e. The number of fused-ring (bicyclic) bond motifs is 1. The van der Waals surface area contributed by atoms with Crippen molar-refractivity contribution in [1.82, 2.24) is 15.1 Å². The van der Waals surface area contributed by atoms with Crippen LogP contribution in [0.5, 0.6) is 11.5 Å². The van der Waals surface area contributed by atoms with Gasteiger partial charge in [0, 0.05) is 55.0 Å². The van der Waals surface area contributed by atoms with Gasteiger partial charge in [0.25, 0.3) is 0 Å². The third kappa shape index (κ3) is 13.5. The number of aldehydes is 1. The maximum absolute atomic E-state index is 12.5. The molecule has 4 unspecified atom stereocenters. The number of hydrogen-bond acceptors (Lipinski definition) is 9. The van der Waals surface area contributed by atoms with Crippen LogP contribution < -0.4 is 21.1 Å². The Kier molecular flexibility index (Phi) is 19.5. The third-order valence-electron chi connectivity index (χ3n) is 13.3. The lowest BCUT2D eigenvalue weighted by molar-refractivity contribution is -0.136. The SMILES string of the molecule is C=C(c1cc(NCCC2CCN(CCOc3ccc(C4c5ccc(O)cc5CCC4c4ccccc4)cc3)CC2)ccc1C=O)N(C)C1CCC(=O)NC1=O.CC.CCC(C)CCN. The number of piperidine rings is 2. The number of ether oxygens (including phenoxy) is 1. The van der Waals surface area contributed by atoms with Crippen molar-refractivity contribution in [2.45, 2.75) is 103 Å². The molecule has 1 aliphatic carbocycles. The summed E-state index contributed by atoms with van der Waals surface area (Å²) in [4.78, 5) is 40.2. The number of rotatable bonds is 17. The molecule has 0 bridgehead atoms. The van der Waals surface area contributed by atoms with Gasteiger partial charge in [0.15, 0.2) is 6.29 Å². The number of anilines is 1. The summed E-state index contributed by atoms with van der Waals surface area (Å²) in [6.45, 7) is 17.9. The molecule has 5 N–H and O–H groups in total. The Morgan fingerprint density at radius 3 is 2.36 bits per heavy atom. The molecule has 4 aromatic rings. The zero-order chi connectivity index (χ0) is 46.0. The number of aryl methyl sites for hydroxylation is 1. The highest BCUT2D eigenvalue weighted by Crippen LogP contribution is 2.47.